The number of nitrogens with zero attached hydrogens (tertiary/aromatic N) is 2. The van der Waals surface area contributed by atoms with E-state index >= 15 is 0 Å². The number of ether oxygens (including phenoxy) is 1. The molecule has 166 valence electrons. The van der Waals surface area contributed by atoms with Gasteiger partial charge in [0.05, 0.1) is 20.2 Å². The molecule has 31 heavy (non-hydrogen) atoms. The molecule has 2 aromatic carbocycles. The largest absolute Gasteiger partial charge is 0.497 e. The Bertz CT molecular complexity index is 894. The fourth-order valence-corrected chi connectivity index (χ4v) is 2.73. The zero-order valence-electron chi connectivity index (χ0n) is 18.6. The third-order valence-corrected chi connectivity index (χ3v) is 4.61. The molecule has 0 heterocycles. The summed E-state index contributed by atoms with van der Waals surface area (Å²) in [5.41, 5.74) is 2.69. The number of likely N-dealkylation sites (N-methyl/N-ethyl adjacent to an activating group) is 1. The average Bonchev–Trinajstić information content (AvgIpc) is 2.80. The quantitative estimate of drug-likeness (QED) is 0.417. The second kappa shape index (κ2) is 12.2. The molecule has 0 aliphatic heterocycles. The van der Waals surface area contributed by atoms with Gasteiger partial charge in [-0.1, -0.05) is 24.3 Å². The van der Waals surface area contributed by atoms with Crippen LogP contribution in [0.25, 0.3) is 0 Å². The van der Waals surface area contributed by atoms with Gasteiger partial charge in [0.25, 0.3) is 5.91 Å². The number of carbonyl (C=O) groups is 2. The molecule has 0 bridgehead atoms. The number of benzene rings is 2. The summed E-state index contributed by atoms with van der Waals surface area (Å²) in [5, 5.41) is 8.97. The molecule has 8 nitrogen and oxygen atoms in total. The van der Waals surface area contributed by atoms with E-state index in [1.165, 1.54) is 4.90 Å². The number of rotatable bonds is 9. The molecule has 2 amide bonds. The zero-order valence-corrected chi connectivity index (χ0v) is 18.6. The molecule has 0 aliphatic carbocycles. The zero-order chi connectivity index (χ0) is 22.6. The van der Waals surface area contributed by atoms with Crippen LogP contribution in [0.15, 0.2) is 53.5 Å². The monoisotopic (exact) mass is 425 g/mol. The van der Waals surface area contributed by atoms with E-state index in [1.54, 1.807) is 34.3 Å². The Balaban J connectivity index is 2.00. The second-order valence-electron chi connectivity index (χ2n) is 7.11. The maximum absolute atomic E-state index is 11.9. The van der Waals surface area contributed by atoms with Crippen molar-refractivity contribution >= 4 is 17.8 Å². The van der Waals surface area contributed by atoms with Gasteiger partial charge >= 0.3 is 0 Å². The Morgan fingerprint density at radius 3 is 2.42 bits per heavy atom. The predicted molar refractivity (Wildman–Crippen MR) is 122 cm³/mol. The number of methoxy groups -OCH3 is 1. The molecule has 3 N–H and O–H groups in total. The van der Waals surface area contributed by atoms with Gasteiger partial charge in [-0.05, 0) is 41.8 Å². The van der Waals surface area contributed by atoms with Crippen molar-refractivity contribution in [1.82, 2.24) is 20.9 Å². The smallest absolute Gasteiger partial charge is 0.251 e. The first kappa shape index (κ1) is 23.7. The van der Waals surface area contributed by atoms with Crippen molar-refractivity contribution in [2.75, 3.05) is 41.3 Å². The maximum Gasteiger partial charge on any atom is 0.251 e. The summed E-state index contributed by atoms with van der Waals surface area (Å²) in [4.78, 5) is 29.9. The van der Waals surface area contributed by atoms with Gasteiger partial charge in [-0.15, -0.1) is 0 Å². The van der Waals surface area contributed by atoms with E-state index in [9.17, 15) is 9.59 Å². The van der Waals surface area contributed by atoms with E-state index in [1.807, 2.05) is 42.5 Å². The molecular weight excluding hydrogens is 394 g/mol. The lowest BCUT2D eigenvalue weighted by molar-refractivity contribution is -0.127. The Morgan fingerprint density at radius 1 is 1.03 bits per heavy atom. The summed E-state index contributed by atoms with van der Waals surface area (Å²) >= 11 is 0. The highest BCUT2D eigenvalue weighted by Crippen LogP contribution is 2.12. The molecule has 0 radical (unpaired) electrons. The number of carbonyl (C=O) groups excluding carboxylic acids is 2. The Labute approximate surface area is 183 Å². The van der Waals surface area contributed by atoms with Crippen molar-refractivity contribution in [2.45, 2.75) is 13.0 Å². The Kier molecular flexibility index (Phi) is 9.35. The van der Waals surface area contributed by atoms with Crippen molar-refractivity contribution < 1.29 is 14.3 Å². The second-order valence-corrected chi connectivity index (χ2v) is 7.11. The number of hydrogen-bond acceptors (Lipinski definition) is 4. The van der Waals surface area contributed by atoms with Crippen molar-refractivity contribution in [3.05, 3.63) is 65.2 Å². The highest BCUT2D eigenvalue weighted by molar-refractivity contribution is 5.94. The molecule has 0 saturated carbocycles. The summed E-state index contributed by atoms with van der Waals surface area (Å²) < 4.78 is 5.18. The van der Waals surface area contributed by atoms with Gasteiger partial charge in [0, 0.05) is 33.3 Å². The molecule has 0 spiro atoms. The number of guanidine groups is 1. The van der Waals surface area contributed by atoms with E-state index in [0.29, 0.717) is 31.0 Å². The van der Waals surface area contributed by atoms with Gasteiger partial charge in [-0.3, -0.25) is 9.59 Å². The first-order chi connectivity index (χ1) is 14.9. The third-order valence-electron chi connectivity index (χ3n) is 4.61. The fraction of sp³-hybridized carbons (Fsp3) is 0.348. The maximum atomic E-state index is 11.9. The molecule has 0 saturated heterocycles. The van der Waals surface area contributed by atoms with Crippen molar-refractivity contribution in [2.24, 2.45) is 4.99 Å². The third kappa shape index (κ3) is 8.00. The number of nitrogens with one attached hydrogen (secondary N) is 3. The number of hydrogen-bond donors (Lipinski definition) is 3. The lowest BCUT2D eigenvalue weighted by atomic mass is 10.1. The van der Waals surface area contributed by atoms with Gasteiger partial charge < -0.3 is 25.6 Å². The van der Waals surface area contributed by atoms with E-state index in [4.69, 9.17) is 4.74 Å². The molecule has 0 aromatic heterocycles. The summed E-state index contributed by atoms with van der Waals surface area (Å²) in [7, 11) is 6.67. The normalized spacial score (nSPS) is 10.9. The van der Waals surface area contributed by atoms with E-state index in [2.05, 4.69) is 20.9 Å². The number of amides is 2. The van der Waals surface area contributed by atoms with E-state index in [0.717, 1.165) is 16.9 Å². The van der Waals surface area contributed by atoms with Crippen LogP contribution in [0, 0.1) is 0 Å². The van der Waals surface area contributed by atoms with Gasteiger partial charge in [-0.2, -0.15) is 0 Å². The van der Waals surface area contributed by atoms with E-state index < -0.39 is 0 Å². The summed E-state index contributed by atoms with van der Waals surface area (Å²) in [5.74, 6) is 1.19. The lowest BCUT2D eigenvalue weighted by Crippen LogP contribution is -2.43. The molecule has 0 atom stereocenters. The Hall–Kier alpha value is -3.55. The van der Waals surface area contributed by atoms with Crippen molar-refractivity contribution in [1.29, 1.82) is 0 Å². The minimum Gasteiger partial charge on any atom is -0.497 e. The molecule has 0 unspecified atom stereocenters. The molecule has 2 rings (SSSR count). The summed E-state index contributed by atoms with van der Waals surface area (Å²) in [6.45, 7) is 1.21. The van der Waals surface area contributed by atoms with Gasteiger partial charge in [0.1, 0.15) is 5.75 Å². The first-order valence-corrected chi connectivity index (χ1v) is 10.1. The van der Waals surface area contributed by atoms with Crippen molar-refractivity contribution in [3.8, 4) is 5.75 Å². The molecule has 0 aliphatic rings. The van der Waals surface area contributed by atoms with Crippen LogP contribution in [0.2, 0.25) is 0 Å². The van der Waals surface area contributed by atoms with Crippen LogP contribution in [0.5, 0.6) is 5.75 Å². The van der Waals surface area contributed by atoms with Crippen molar-refractivity contribution in [3.63, 3.8) is 0 Å². The number of aliphatic imine (C=N–C) groups is 1. The topological polar surface area (TPSA) is 95.1 Å². The average molecular weight is 426 g/mol. The highest BCUT2D eigenvalue weighted by atomic mass is 16.5. The van der Waals surface area contributed by atoms with Gasteiger partial charge in [0.15, 0.2) is 5.96 Å². The van der Waals surface area contributed by atoms with Crippen LogP contribution in [0.4, 0.5) is 0 Å². The van der Waals surface area contributed by atoms with Crippen LogP contribution in [0.3, 0.4) is 0 Å². The predicted octanol–water partition coefficient (Wildman–Crippen LogP) is 1.42. The van der Waals surface area contributed by atoms with Crippen LogP contribution in [-0.4, -0.2) is 64.0 Å². The SMILES string of the molecule is CNC(=O)c1cccc(CCNC(=NCc2ccc(OC)cc2)NCC(=O)N(C)C)c1. The standard InChI is InChI=1S/C23H31N5O3/c1-24-22(30)19-7-5-6-17(14-19)12-13-25-23(27-16-21(29)28(2)3)26-15-18-8-10-20(31-4)11-9-18/h5-11,14H,12-13,15-16H2,1-4H3,(H,24,30)(H2,25,26,27). The Morgan fingerprint density at radius 2 is 1.77 bits per heavy atom. The van der Waals surface area contributed by atoms with Gasteiger partial charge in [-0.25, -0.2) is 4.99 Å². The van der Waals surface area contributed by atoms with E-state index in [-0.39, 0.29) is 18.4 Å². The van der Waals surface area contributed by atoms with Crippen LogP contribution < -0.4 is 20.7 Å². The minimum absolute atomic E-state index is 0.0442. The first-order valence-electron chi connectivity index (χ1n) is 10.1. The summed E-state index contributed by atoms with van der Waals surface area (Å²) in [6.07, 6.45) is 0.704. The molecular formula is C23H31N5O3. The fourth-order valence-electron chi connectivity index (χ4n) is 2.73. The molecule has 0 fully saturated rings. The highest BCUT2D eigenvalue weighted by Gasteiger charge is 2.07. The molecule has 8 heteroatoms. The summed E-state index contributed by atoms with van der Waals surface area (Å²) in [6, 6.07) is 15.2. The van der Waals surface area contributed by atoms with Gasteiger partial charge in [0.2, 0.25) is 5.91 Å². The van der Waals surface area contributed by atoms with Crippen LogP contribution >= 0.6 is 0 Å². The van der Waals surface area contributed by atoms with Crippen LogP contribution in [0.1, 0.15) is 21.5 Å². The minimum atomic E-state index is -0.111. The van der Waals surface area contributed by atoms with Crippen LogP contribution in [-0.2, 0) is 17.8 Å². The molecule has 2 aromatic rings. The lowest BCUT2D eigenvalue weighted by Gasteiger charge is -2.15.